The van der Waals surface area contributed by atoms with Gasteiger partial charge in [0.2, 0.25) is 11.9 Å². The summed E-state index contributed by atoms with van der Waals surface area (Å²) in [5, 5.41) is 9.63. The van der Waals surface area contributed by atoms with E-state index >= 15 is 0 Å². The highest BCUT2D eigenvalue weighted by molar-refractivity contribution is 6.01. The first-order chi connectivity index (χ1) is 17.8. The first-order valence-corrected chi connectivity index (χ1v) is 13.6. The van der Waals surface area contributed by atoms with Crippen LogP contribution in [-0.4, -0.2) is 60.5 Å². The van der Waals surface area contributed by atoms with E-state index in [1.807, 2.05) is 39.1 Å². The maximum Gasteiger partial charge on any atom is 0.251 e. The molecule has 198 valence electrons. The van der Waals surface area contributed by atoms with E-state index in [1.54, 1.807) is 11.1 Å². The third-order valence-corrected chi connectivity index (χ3v) is 7.96. The largest absolute Gasteiger partial charge is 0.351 e. The van der Waals surface area contributed by atoms with Crippen molar-refractivity contribution in [2.45, 2.75) is 71.4 Å². The van der Waals surface area contributed by atoms with Gasteiger partial charge in [-0.1, -0.05) is 26.2 Å². The van der Waals surface area contributed by atoms with Gasteiger partial charge in [-0.25, -0.2) is 4.98 Å². The molecule has 9 nitrogen and oxygen atoms in total. The molecule has 1 saturated heterocycles. The highest BCUT2D eigenvalue weighted by atomic mass is 16.2. The molecule has 3 aliphatic rings. The second-order valence-corrected chi connectivity index (χ2v) is 11.2. The number of amides is 2. The summed E-state index contributed by atoms with van der Waals surface area (Å²) in [7, 11) is 1.82. The van der Waals surface area contributed by atoms with Crippen molar-refractivity contribution in [2.24, 2.45) is 5.41 Å². The molecule has 1 saturated carbocycles. The first kappa shape index (κ1) is 25.4. The van der Waals surface area contributed by atoms with E-state index < -0.39 is 5.41 Å². The number of carbonyl (C=O) groups excluding carboxylic acids is 2. The van der Waals surface area contributed by atoms with Crippen molar-refractivity contribution in [3.05, 3.63) is 35.5 Å². The van der Waals surface area contributed by atoms with Crippen molar-refractivity contribution in [3.63, 3.8) is 0 Å². The molecule has 0 radical (unpaired) electrons. The average molecular weight is 506 g/mol. The molecular formula is C28H39N7O2. The molecule has 0 atom stereocenters. The van der Waals surface area contributed by atoms with E-state index in [2.05, 4.69) is 32.8 Å². The monoisotopic (exact) mass is 505 g/mol. The summed E-state index contributed by atoms with van der Waals surface area (Å²) < 4.78 is 0. The Kier molecular flexibility index (Phi) is 7.07. The molecule has 0 bridgehead atoms. The zero-order valence-corrected chi connectivity index (χ0v) is 22.4. The average Bonchev–Trinajstić information content (AvgIpc) is 2.95. The Morgan fingerprint density at radius 3 is 2.62 bits per heavy atom. The van der Waals surface area contributed by atoms with Crippen LogP contribution in [0.4, 0.5) is 23.1 Å². The number of aromatic nitrogens is 2. The smallest absolute Gasteiger partial charge is 0.251 e. The van der Waals surface area contributed by atoms with Crippen LogP contribution in [0.5, 0.6) is 0 Å². The molecule has 37 heavy (non-hydrogen) atoms. The van der Waals surface area contributed by atoms with Gasteiger partial charge in [-0.05, 0) is 56.9 Å². The summed E-state index contributed by atoms with van der Waals surface area (Å²) in [6.07, 6.45) is 8.42. The van der Waals surface area contributed by atoms with Gasteiger partial charge in [0.15, 0.2) is 5.82 Å². The molecule has 2 amide bonds. The Hall–Kier alpha value is -3.20. The van der Waals surface area contributed by atoms with Gasteiger partial charge in [-0.15, -0.1) is 0 Å². The number of nitrogens with one attached hydrogen (secondary N) is 3. The van der Waals surface area contributed by atoms with Crippen LogP contribution in [0.15, 0.2) is 24.4 Å². The molecule has 1 aromatic carbocycles. The van der Waals surface area contributed by atoms with Crippen molar-refractivity contribution in [1.82, 2.24) is 20.6 Å². The molecule has 2 aromatic rings. The maximum absolute atomic E-state index is 13.3. The van der Waals surface area contributed by atoms with Gasteiger partial charge in [-0.3, -0.25) is 9.59 Å². The summed E-state index contributed by atoms with van der Waals surface area (Å²) >= 11 is 0. The minimum Gasteiger partial charge on any atom is -0.351 e. The van der Waals surface area contributed by atoms with Crippen molar-refractivity contribution in [2.75, 3.05) is 41.8 Å². The fraction of sp³-hybridized carbons (Fsp3) is 0.571. The van der Waals surface area contributed by atoms with Crippen molar-refractivity contribution >= 4 is 35.0 Å². The Bertz CT molecular complexity index is 1170. The Morgan fingerprint density at radius 1 is 1.19 bits per heavy atom. The standard InChI is InChI=1S/C28H39N7O2/c1-5-18-13-19(25(36)31-20-14-29-15-20)11-12-22(18)32-27-30-16-23-24(33-27)35(21-9-7-6-8-10-21)17-28(2,3)26(37)34(23)4/h11-13,16,20-21,29H,5-10,14-15,17H2,1-4H3,(H,31,36)(H,30,32,33). The number of benzene rings is 1. The van der Waals surface area contributed by atoms with Gasteiger partial charge in [0.25, 0.3) is 5.91 Å². The number of fused-ring (bicyclic) bond motifs is 1. The third kappa shape index (κ3) is 5.14. The van der Waals surface area contributed by atoms with Crippen molar-refractivity contribution in [1.29, 1.82) is 0 Å². The minimum absolute atomic E-state index is 0.0486. The second-order valence-electron chi connectivity index (χ2n) is 11.2. The number of nitrogens with zero attached hydrogens (tertiary/aromatic N) is 4. The van der Waals surface area contributed by atoms with Crippen LogP contribution in [0.1, 0.15) is 68.8 Å². The predicted molar refractivity (Wildman–Crippen MR) is 147 cm³/mol. The fourth-order valence-electron chi connectivity index (χ4n) is 5.63. The Morgan fingerprint density at radius 2 is 1.95 bits per heavy atom. The molecule has 0 spiro atoms. The molecule has 3 N–H and O–H groups in total. The lowest BCUT2D eigenvalue weighted by Gasteiger charge is -2.38. The van der Waals surface area contributed by atoms with Crippen LogP contribution in [0, 0.1) is 5.41 Å². The van der Waals surface area contributed by atoms with E-state index in [1.165, 1.54) is 19.3 Å². The molecule has 5 rings (SSSR count). The lowest BCUT2D eigenvalue weighted by Crippen LogP contribution is -2.56. The topological polar surface area (TPSA) is 102 Å². The number of hydrogen-bond acceptors (Lipinski definition) is 7. The molecular weight excluding hydrogens is 466 g/mol. The molecule has 9 heteroatoms. The predicted octanol–water partition coefficient (Wildman–Crippen LogP) is 3.63. The van der Waals surface area contributed by atoms with Crippen molar-refractivity contribution < 1.29 is 9.59 Å². The zero-order chi connectivity index (χ0) is 26.2. The normalized spacial score (nSPS) is 20.2. The number of aryl methyl sites for hydroxylation is 1. The Labute approximate surface area is 219 Å². The lowest BCUT2D eigenvalue weighted by atomic mass is 9.88. The zero-order valence-electron chi connectivity index (χ0n) is 22.4. The summed E-state index contributed by atoms with van der Waals surface area (Å²) in [4.78, 5) is 39.6. The van der Waals surface area contributed by atoms with E-state index in [4.69, 9.17) is 4.98 Å². The summed E-state index contributed by atoms with van der Waals surface area (Å²) in [6, 6.07) is 6.28. The molecule has 1 aromatic heterocycles. The van der Waals surface area contributed by atoms with Gasteiger partial charge in [0.1, 0.15) is 5.69 Å². The van der Waals surface area contributed by atoms with E-state index in [0.29, 0.717) is 24.1 Å². The van der Waals surface area contributed by atoms with Crippen molar-refractivity contribution in [3.8, 4) is 0 Å². The SMILES string of the molecule is CCc1cc(C(=O)NC2CNC2)ccc1Nc1ncc2c(n1)N(C1CCCCC1)CC(C)(C)C(=O)N2C. The number of carbonyl (C=O) groups is 2. The van der Waals surface area contributed by atoms with Crippen LogP contribution in [-0.2, 0) is 11.2 Å². The number of rotatable bonds is 6. The summed E-state index contributed by atoms with van der Waals surface area (Å²) in [5.74, 6) is 1.34. The Balaban J connectivity index is 1.44. The van der Waals surface area contributed by atoms with Gasteiger partial charge >= 0.3 is 0 Å². The van der Waals surface area contributed by atoms with Gasteiger partial charge < -0.3 is 25.8 Å². The highest BCUT2D eigenvalue weighted by Crippen LogP contribution is 2.40. The van der Waals surface area contributed by atoms with Gasteiger partial charge in [-0.2, -0.15) is 4.98 Å². The van der Waals surface area contributed by atoms with Crippen LogP contribution in [0.3, 0.4) is 0 Å². The summed E-state index contributed by atoms with van der Waals surface area (Å²) in [5.41, 5.74) is 2.78. The van der Waals surface area contributed by atoms with Gasteiger partial charge in [0.05, 0.1) is 17.7 Å². The first-order valence-electron chi connectivity index (χ1n) is 13.6. The van der Waals surface area contributed by atoms with Crippen LogP contribution < -0.4 is 25.8 Å². The quantitative estimate of drug-likeness (QED) is 0.551. The highest BCUT2D eigenvalue weighted by Gasteiger charge is 2.41. The van der Waals surface area contributed by atoms with E-state index in [9.17, 15) is 9.59 Å². The van der Waals surface area contributed by atoms with E-state index in [-0.39, 0.29) is 17.9 Å². The van der Waals surface area contributed by atoms with Crippen LogP contribution >= 0.6 is 0 Å². The van der Waals surface area contributed by atoms with Crippen LogP contribution in [0.25, 0.3) is 0 Å². The summed E-state index contributed by atoms with van der Waals surface area (Å²) in [6.45, 7) is 8.38. The maximum atomic E-state index is 13.3. The third-order valence-electron chi connectivity index (χ3n) is 7.96. The molecule has 2 fully saturated rings. The van der Waals surface area contributed by atoms with Crippen LogP contribution in [0.2, 0.25) is 0 Å². The van der Waals surface area contributed by atoms with Gasteiger partial charge in [0, 0.05) is 44.0 Å². The molecule has 2 aliphatic heterocycles. The lowest BCUT2D eigenvalue weighted by molar-refractivity contribution is -0.125. The molecule has 3 heterocycles. The number of anilines is 4. The fourth-order valence-corrected chi connectivity index (χ4v) is 5.63. The minimum atomic E-state index is -0.526. The molecule has 1 aliphatic carbocycles. The second kappa shape index (κ2) is 10.3. The molecule has 0 unspecified atom stereocenters. The van der Waals surface area contributed by atoms with E-state index in [0.717, 1.165) is 55.1 Å². The number of hydrogen-bond donors (Lipinski definition) is 3.